The Morgan fingerprint density at radius 3 is 2.65 bits per heavy atom. The third kappa shape index (κ3) is 2.18. The van der Waals surface area contributed by atoms with Crippen LogP contribution in [0, 0.1) is 5.82 Å². The summed E-state index contributed by atoms with van der Waals surface area (Å²) in [4.78, 5) is 9.73. The number of benzene rings is 2. The van der Waals surface area contributed by atoms with Gasteiger partial charge in [-0.1, -0.05) is 12.1 Å². The Balaban J connectivity index is 2.27. The lowest BCUT2D eigenvalue weighted by Crippen LogP contribution is -2.11. The lowest BCUT2D eigenvalue weighted by molar-refractivity contribution is 0.627. The minimum Gasteiger partial charge on any atom is -0.377 e. The highest BCUT2D eigenvalue weighted by Gasteiger charge is 2.16. The number of para-hydroxylation sites is 2. The average molecular weight is 334 g/mol. The van der Waals surface area contributed by atoms with Gasteiger partial charge in [0.25, 0.3) is 0 Å². The number of nitrogens with zero attached hydrogens (tertiary/aromatic N) is 2. The van der Waals surface area contributed by atoms with Crippen LogP contribution in [0.3, 0.4) is 0 Å². The highest BCUT2D eigenvalue weighted by molar-refractivity contribution is 9.10. The van der Waals surface area contributed by atoms with Gasteiger partial charge in [0, 0.05) is 18.6 Å². The van der Waals surface area contributed by atoms with Crippen molar-refractivity contribution in [2.24, 2.45) is 0 Å². The molecule has 1 heterocycles. The van der Waals surface area contributed by atoms with Gasteiger partial charge in [-0.05, 0) is 40.2 Å². The largest absolute Gasteiger partial charge is 0.377 e. The van der Waals surface area contributed by atoms with Gasteiger partial charge < -0.3 is 9.88 Å². The van der Waals surface area contributed by atoms with Crippen molar-refractivity contribution < 1.29 is 4.39 Å². The van der Waals surface area contributed by atoms with Crippen LogP contribution in [-0.2, 0) is 0 Å². The lowest BCUT2D eigenvalue weighted by Gasteiger charge is -2.17. The van der Waals surface area contributed by atoms with E-state index < -0.39 is 0 Å². The van der Waals surface area contributed by atoms with Crippen LogP contribution in [0.25, 0.3) is 22.4 Å². The molecule has 3 rings (SSSR count). The van der Waals surface area contributed by atoms with Crippen LogP contribution in [0.4, 0.5) is 10.1 Å². The van der Waals surface area contributed by atoms with Crippen LogP contribution in [0.15, 0.2) is 40.9 Å². The van der Waals surface area contributed by atoms with Crippen molar-refractivity contribution >= 4 is 32.7 Å². The maximum Gasteiger partial charge on any atom is 0.141 e. The van der Waals surface area contributed by atoms with E-state index in [0.29, 0.717) is 4.47 Å². The lowest BCUT2D eigenvalue weighted by atomic mass is 10.1. The number of anilines is 1. The molecule has 0 atom stereocenters. The summed E-state index contributed by atoms with van der Waals surface area (Å²) < 4.78 is 14.3. The number of imidazole rings is 1. The van der Waals surface area contributed by atoms with Crippen LogP contribution >= 0.6 is 15.9 Å². The van der Waals surface area contributed by atoms with Crippen LogP contribution in [-0.4, -0.2) is 24.1 Å². The molecule has 2 aromatic carbocycles. The number of hydrogen-bond donors (Lipinski definition) is 1. The Labute approximate surface area is 124 Å². The third-order valence-corrected chi connectivity index (χ3v) is 3.77. The Kier molecular flexibility index (Phi) is 3.22. The molecular weight excluding hydrogens is 321 g/mol. The zero-order valence-electron chi connectivity index (χ0n) is 11.1. The number of H-pyrrole nitrogens is 1. The molecule has 3 aromatic rings. The van der Waals surface area contributed by atoms with E-state index in [1.165, 1.54) is 12.1 Å². The molecule has 0 saturated heterocycles. The first-order valence-electron chi connectivity index (χ1n) is 6.18. The summed E-state index contributed by atoms with van der Waals surface area (Å²) in [6, 6.07) is 10.8. The number of aromatic amines is 1. The van der Waals surface area contributed by atoms with Crippen molar-refractivity contribution in [3.8, 4) is 11.4 Å². The summed E-state index contributed by atoms with van der Waals surface area (Å²) in [5.74, 6) is 0.446. The molecule has 0 amide bonds. The highest BCUT2D eigenvalue weighted by Crippen LogP contribution is 2.36. The number of hydrogen-bond acceptors (Lipinski definition) is 2. The number of nitrogens with one attached hydrogen (secondary N) is 1. The molecular formula is C15H13BrFN3. The number of halogens is 2. The number of rotatable bonds is 2. The molecule has 3 nitrogen and oxygen atoms in total. The van der Waals surface area contributed by atoms with E-state index in [2.05, 4.69) is 25.9 Å². The number of fused-ring (bicyclic) bond motifs is 1. The van der Waals surface area contributed by atoms with Gasteiger partial charge in [0.1, 0.15) is 11.6 Å². The molecule has 0 radical (unpaired) electrons. The first-order chi connectivity index (χ1) is 9.56. The van der Waals surface area contributed by atoms with E-state index in [1.54, 1.807) is 0 Å². The normalized spacial score (nSPS) is 11.0. The second-order valence-corrected chi connectivity index (χ2v) is 5.63. The van der Waals surface area contributed by atoms with Crippen LogP contribution in [0.2, 0.25) is 0 Å². The van der Waals surface area contributed by atoms with Gasteiger partial charge in [0.15, 0.2) is 0 Å². The van der Waals surface area contributed by atoms with Crippen molar-refractivity contribution in [2.75, 3.05) is 19.0 Å². The fraction of sp³-hybridized carbons (Fsp3) is 0.133. The highest BCUT2D eigenvalue weighted by atomic mass is 79.9. The Morgan fingerprint density at radius 2 is 1.95 bits per heavy atom. The zero-order chi connectivity index (χ0) is 14.3. The molecule has 0 aliphatic rings. The van der Waals surface area contributed by atoms with Crippen molar-refractivity contribution in [1.29, 1.82) is 0 Å². The summed E-state index contributed by atoms with van der Waals surface area (Å²) in [6.45, 7) is 0. The minimum absolute atomic E-state index is 0.277. The van der Waals surface area contributed by atoms with Gasteiger partial charge >= 0.3 is 0 Å². The first kappa shape index (κ1) is 13.1. The first-order valence-corrected chi connectivity index (χ1v) is 6.97. The summed E-state index contributed by atoms with van der Waals surface area (Å²) in [7, 11) is 3.76. The fourth-order valence-corrected chi connectivity index (χ4v) is 2.83. The molecule has 5 heteroatoms. The van der Waals surface area contributed by atoms with Gasteiger partial charge in [-0.2, -0.15) is 0 Å². The van der Waals surface area contributed by atoms with Crippen LogP contribution in [0.5, 0.6) is 0 Å². The zero-order valence-corrected chi connectivity index (χ0v) is 12.7. The molecule has 0 spiro atoms. The fourth-order valence-electron chi connectivity index (χ4n) is 2.22. The van der Waals surface area contributed by atoms with Gasteiger partial charge in [-0.25, -0.2) is 9.37 Å². The molecule has 0 fully saturated rings. The van der Waals surface area contributed by atoms with Crippen molar-refractivity contribution in [1.82, 2.24) is 9.97 Å². The Hall–Kier alpha value is -1.88. The van der Waals surface area contributed by atoms with Crippen LogP contribution < -0.4 is 4.90 Å². The average Bonchev–Trinajstić information content (AvgIpc) is 2.80. The van der Waals surface area contributed by atoms with E-state index in [9.17, 15) is 4.39 Å². The maximum absolute atomic E-state index is 13.6. The Bertz CT molecular complexity index is 747. The molecule has 1 aromatic heterocycles. The van der Waals surface area contributed by atoms with E-state index in [-0.39, 0.29) is 5.82 Å². The molecule has 0 unspecified atom stereocenters. The summed E-state index contributed by atoms with van der Waals surface area (Å²) in [6.07, 6.45) is 0. The smallest absolute Gasteiger partial charge is 0.141 e. The summed E-state index contributed by atoms with van der Waals surface area (Å²) in [5, 5.41) is 0. The van der Waals surface area contributed by atoms with Crippen LogP contribution in [0.1, 0.15) is 0 Å². The van der Waals surface area contributed by atoms with E-state index in [0.717, 1.165) is 28.1 Å². The quantitative estimate of drug-likeness (QED) is 0.762. The molecule has 20 heavy (non-hydrogen) atoms. The van der Waals surface area contributed by atoms with E-state index in [4.69, 9.17) is 0 Å². The van der Waals surface area contributed by atoms with Gasteiger partial charge in [0.2, 0.25) is 0 Å². The van der Waals surface area contributed by atoms with Gasteiger partial charge in [0.05, 0.1) is 22.3 Å². The standard InChI is InChI=1S/C15H13BrFN3/c1-20(2)13-8-9(17)7-10(16)14(13)15-18-11-5-3-4-6-12(11)19-15/h3-8H,1-2H3,(H,18,19). The van der Waals surface area contributed by atoms with Gasteiger partial charge in [-0.15, -0.1) is 0 Å². The van der Waals surface area contributed by atoms with E-state index >= 15 is 0 Å². The topological polar surface area (TPSA) is 31.9 Å². The van der Waals surface area contributed by atoms with E-state index in [1.807, 2.05) is 43.3 Å². The molecule has 0 bridgehead atoms. The molecule has 0 aliphatic carbocycles. The predicted octanol–water partition coefficient (Wildman–Crippen LogP) is 4.20. The second-order valence-electron chi connectivity index (χ2n) is 4.78. The number of aromatic nitrogens is 2. The van der Waals surface area contributed by atoms with Crippen molar-refractivity contribution in [3.63, 3.8) is 0 Å². The molecule has 0 aliphatic heterocycles. The SMILES string of the molecule is CN(C)c1cc(F)cc(Br)c1-c1nc2ccccc2[nH]1. The molecule has 102 valence electrons. The monoisotopic (exact) mass is 333 g/mol. The maximum atomic E-state index is 13.6. The second kappa shape index (κ2) is 4.90. The molecule has 0 saturated carbocycles. The van der Waals surface area contributed by atoms with Gasteiger partial charge in [-0.3, -0.25) is 0 Å². The predicted molar refractivity (Wildman–Crippen MR) is 83.5 cm³/mol. The minimum atomic E-state index is -0.277. The third-order valence-electron chi connectivity index (χ3n) is 3.14. The van der Waals surface area contributed by atoms with Crippen molar-refractivity contribution in [2.45, 2.75) is 0 Å². The summed E-state index contributed by atoms with van der Waals surface area (Å²) in [5.41, 5.74) is 3.48. The Morgan fingerprint density at radius 1 is 1.20 bits per heavy atom. The van der Waals surface area contributed by atoms with Crippen molar-refractivity contribution in [3.05, 3.63) is 46.7 Å². The molecule has 1 N–H and O–H groups in total. The summed E-state index contributed by atoms with van der Waals surface area (Å²) >= 11 is 3.43.